The predicted octanol–water partition coefficient (Wildman–Crippen LogP) is -0.639. The van der Waals surface area contributed by atoms with Crippen molar-refractivity contribution in [1.82, 2.24) is 5.01 Å². The largest absolute Gasteiger partial charge is 0.394 e. The zero-order valence-electron chi connectivity index (χ0n) is 5.56. The van der Waals surface area contributed by atoms with Gasteiger partial charge in [0.05, 0.1) is 37.7 Å². The van der Waals surface area contributed by atoms with Crippen molar-refractivity contribution in [3.05, 3.63) is 4.91 Å². The van der Waals surface area contributed by atoms with Gasteiger partial charge < -0.3 is 9.84 Å². The molecule has 1 N–H and O–H groups in total. The Kier molecular flexibility index (Phi) is 2.58. The molecule has 5 nitrogen and oxygen atoms in total. The Bertz CT molecular complexity index is 119. The van der Waals surface area contributed by atoms with E-state index in [2.05, 4.69) is 5.29 Å². The quantitative estimate of drug-likeness (QED) is 0.526. The van der Waals surface area contributed by atoms with Gasteiger partial charge in [-0.05, 0) is 0 Å². The van der Waals surface area contributed by atoms with Crippen molar-refractivity contribution >= 4 is 0 Å². The average molecular weight is 146 g/mol. The molecule has 5 heteroatoms. The van der Waals surface area contributed by atoms with Crippen LogP contribution in [-0.4, -0.2) is 42.5 Å². The first-order valence-corrected chi connectivity index (χ1v) is 3.17. The predicted molar refractivity (Wildman–Crippen MR) is 34.2 cm³/mol. The lowest BCUT2D eigenvalue weighted by Gasteiger charge is -2.28. The van der Waals surface area contributed by atoms with Gasteiger partial charge in [0.25, 0.3) is 0 Å². The van der Waals surface area contributed by atoms with E-state index in [0.717, 1.165) is 0 Å². The Morgan fingerprint density at radius 3 is 3.10 bits per heavy atom. The summed E-state index contributed by atoms with van der Waals surface area (Å²) in [5.41, 5.74) is 0. The third-order valence-electron chi connectivity index (χ3n) is 1.51. The minimum Gasteiger partial charge on any atom is -0.394 e. The molecule has 1 rings (SSSR count). The van der Waals surface area contributed by atoms with Crippen molar-refractivity contribution in [3.8, 4) is 0 Å². The van der Waals surface area contributed by atoms with Crippen molar-refractivity contribution in [2.45, 2.75) is 6.04 Å². The fraction of sp³-hybridized carbons (Fsp3) is 1.00. The summed E-state index contributed by atoms with van der Waals surface area (Å²) in [5.74, 6) is 0. The maximum absolute atomic E-state index is 10.0. The zero-order chi connectivity index (χ0) is 7.40. The Balaban J connectivity index is 2.41. The molecule has 1 fully saturated rings. The van der Waals surface area contributed by atoms with Gasteiger partial charge in [0, 0.05) is 0 Å². The van der Waals surface area contributed by atoms with Crippen molar-refractivity contribution in [3.63, 3.8) is 0 Å². The van der Waals surface area contributed by atoms with E-state index >= 15 is 0 Å². The fourth-order valence-corrected chi connectivity index (χ4v) is 0.901. The smallest absolute Gasteiger partial charge is 0.0967 e. The second kappa shape index (κ2) is 3.48. The van der Waals surface area contributed by atoms with Crippen LogP contribution in [0.3, 0.4) is 0 Å². The molecular weight excluding hydrogens is 136 g/mol. The highest BCUT2D eigenvalue weighted by atomic mass is 16.5. The van der Waals surface area contributed by atoms with Crippen LogP contribution in [0.2, 0.25) is 0 Å². The van der Waals surface area contributed by atoms with Gasteiger partial charge in [-0.25, -0.2) is 0 Å². The molecule has 1 atom stereocenters. The fourth-order valence-electron chi connectivity index (χ4n) is 0.901. The number of hydrogen-bond donors (Lipinski definition) is 1. The monoisotopic (exact) mass is 146 g/mol. The Hall–Kier alpha value is -0.680. The SMILES string of the molecule is O=NN1CCOCC1CO. The van der Waals surface area contributed by atoms with E-state index in [4.69, 9.17) is 9.84 Å². The second-order valence-corrected chi connectivity index (χ2v) is 2.16. The van der Waals surface area contributed by atoms with E-state index in [-0.39, 0.29) is 12.6 Å². The second-order valence-electron chi connectivity index (χ2n) is 2.16. The Morgan fingerprint density at radius 1 is 1.80 bits per heavy atom. The minimum absolute atomic E-state index is 0.0776. The first kappa shape index (κ1) is 7.43. The number of aliphatic hydroxyl groups is 1. The van der Waals surface area contributed by atoms with Gasteiger partial charge in [0.15, 0.2) is 0 Å². The van der Waals surface area contributed by atoms with E-state index < -0.39 is 0 Å². The molecular formula is C5H10N2O3. The Morgan fingerprint density at radius 2 is 2.60 bits per heavy atom. The van der Waals surface area contributed by atoms with Gasteiger partial charge in [-0.2, -0.15) is 0 Å². The molecule has 10 heavy (non-hydrogen) atoms. The average Bonchev–Trinajstić information content (AvgIpc) is 2.04. The summed E-state index contributed by atoms with van der Waals surface area (Å²) >= 11 is 0. The normalized spacial score (nSPS) is 26.5. The van der Waals surface area contributed by atoms with Crippen LogP contribution < -0.4 is 0 Å². The number of nitroso groups, excluding NO2 is 1. The zero-order valence-corrected chi connectivity index (χ0v) is 5.56. The standard InChI is InChI=1S/C5H10N2O3/c8-3-5-4-10-2-1-7(5)6-9/h5,8H,1-4H2. The highest BCUT2D eigenvalue weighted by Gasteiger charge is 2.21. The third kappa shape index (κ3) is 1.43. The highest BCUT2D eigenvalue weighted by molar-refractivity contribution is 4.70. The van der Waals surface area contributed by atoms with Gasteiger partial charge in [-0.15, -0.1) is 4.91 Å². The lowest BCUT2D eigenvalue weighted by atomic mass is 10.3. The lowest BCUT2D eigenvalue weighted by Crippen LogP contribution is -2.43. The summed E-state index contributed by atoms with van der Waals surface area (Å²) in [5, 5.41) is 12.7. The van der Waals surface area contributed by atoms with Gasteiger partial charge in [0.1, 0.15) is 0 Å². The van der Waals surface area contributed by atoms with Crippen LogP contribution in [0.15, 0.2) is 5.29 Å². The van der Waals surface area contributed by atoms with Gasteiger partial charge in [-0.1, -0.05) is 0 Å². The molecule has 0 aromatic heterocycles. The van der Waals surface area contributed by atoms with Gasteiger partial charge in [-0.3, -0.25) is 5.01 Å². The van der Waals surface area contributed by atoms with Crippen LogP contribution in [0, 0.1) is 4.91 Å². The van der Waals surface area contributed by atoms with E-state index in [1.54, 1.807) is 0 Å². The molecule has 0 spiro atoms. The van der Waals surface area contributed by atoms with Crippen molar-refractivity contribution < 1.29 is 9.84 Å². The molecule has 58 valence electrons. The number of morpholine rings is 1. The van der Waals surface area contributed by atoms with E-state index in [1.807, 2.05) is 0 Å². The van der Waals surface area contributed by atoms with E-state index in [1.165, 1.54) is 5.01 Å². The summed E-state index contributed by atoms with van der Waals surface area (Å²) < 4.78 is 5.00. The molecule has 0 aliphatic carbocycles. The van der Waals surface area contributed by atoms with Gasteiger partial charge in [0.2, 0.25) is 0 Å². The number of hydrogen-bond acceptors (Lipinski definition) is 4. The number of nitrogens with zero attached hydrogens (tertiary/aromatic N) is 2. The molecule has 0 saturated carbocycles. The molecule has 0 bridgehead atoms. The summed E-state index contributed by atoms with van der Waals surface area (Å²) in [6, 6.07) is -0.244. The maximum atomic E-state index is 10.0. The van der Waals surface area contributed by atoms with Crippen molar-refractivity contribution in [2.75, 3.05) is 26.4 Å². The highest BCUT2D eigenvalue weighted by Crippen LogP contribution is 2.05. The minimum atomic E-state index is -0.244. The number of ether oxygens (including phenoxy) is 1. The molecule has 0 radical (unpaired) electrons. The molecule has 0 aromatic rings. The van der Waals surface area contributed by atoms with Gasteiger partial charge >= 0.3 is 0 Å². The molecule has 0 aromatic carbocycles. The molecule has 0 amide bonds. The summed E-state index contributed by atoms with van der Waals surface area (Å²) in [6.45, 7) is 1.31. The summed E-state index contributed by atoms with van der Waals surface area (Å²) in [6.07, 6.45) is 0. The van der Waals surface area contributed by atoms with E-state index in [9.17, 15) is 4.91 Å². The molecule has 1 aliphatic heterocycles. The third-order valence-corrected chi connectivity index (χ3v) is 1.51. The lowest BCUT2D eigenvalue weighted by molar-refractivity contribution is -0.0272. The first-order chi connectivity index (χ1) is 4.88. The molecule has 1 aliphatic rings. The van der Waals surface area contributed by atoms with Crippen LogP contribution >= 0.6 is 0 Å². The van der Waals surface area contributed by atoms with Crippen LogP contribution in [0.5, 0.6) is 0 Å². The molecule has 1 unspecified atom stereocenters. The maximum Gasteiger partial charge on any atom is 0.0967 e. The van der Waals surface area contributed by atoms with Crippen LogP contribution in [0.4, 0.5) is 0 Å². The number of rotatable bonds is 2. The molecule has 1 saturated heterocycles. The summed E-state index contributed by atoms with van der Waals surface area (Å²) in [4.78, 5) is 10.0. The number of aliphatic hydroxyl groups excluding tert-OH is 1. The van der Waals surface area contributed by atoms with Crippen molar-refractivity contribution in [2.24, 2.45) is 5.29 Å². The van der Waals surface area contributed by atoms with Crippen molar-refractivity contribution in [1.29, 1.82) is 0 Å². The van der Waals surface area contributed by atoms with E-state index in [0.29, 0.717) is 19.8 Å². The topological polar surface area (TPSA) is 62.1 Å². The van der Waals surface area contributed by atoms with Crippen LogP contribution in [0.25, 0.3) is 0 Å². The van der Waals surface area contributed by atoms with Crippen LogP contribution in [-0.2, 0) is 4.74 Å². The Labute approximate surface area is 58.5 Å². The summed E-state index contributed by atoms with van der Waals surface area (Å²) in [7, 11) is 0. The van der Waals surface area contributed by atoms with Crippen LogP contribution in [0.1, 0.15) is 0 Å². The first-order valence-electron chi connectivity index (χ1n) is 3.17. The molecule has 1 heterocycles.